The first kappa shape index (κ1) is 11.4. The highest BCUT2D eigenvalue weighted by Gasteiger charge is 2.35. The third kappa shape index (κ3) is 2.95. The molecular formula is C11H19N3O2. The summed E-state index contributed by atoms with van der Waals surface area (Å²) in [4.78, 5) is 24.4. The summed E-state index contributed by atoms with van der Waals surface area (Å²) >= 11 is 0. The third-order valence-corrected chi connectivity index (χ3v) is 3.07. The van der Waals surface area contributed by atoms with E-state index in [1.165, 1.54) is 19.8 Å². The first-order valence-corrected chi connectivity index (χ1v) is 5.96. The van der Waals surface area contributed by atoms with E-state index in [9.17, 15) is 9.59 Å². The van der Waals surface area contributed by atoms with Crippen molar-refractivity contribution < 1.29 is 9.59 Å². The van der Waals surface area contributed by atoms with Crippen LogP contribution in [0.15, 0.2) is 0 Å². The number of hydrogen-bond acceptors (Lipinski definition) is 3. The number of carbonyl (C=O) groups is 2. The minimum Gasteiger partial charge on any atom is -0.355 e. The van der Waals surface area contributed by atoms with Crippen molar-refractivity contribution in [1.29, 1.82) is 0 Å². The average molecular weight is 225 g/mol. The molecule has 1 aliphatic carbocycles. The number of likely N-dealkylation sites (tertiary alicyclic amines) is 1. The minimum atomic E-state index is -0.0423. The second-order valence-electron chi connectivity index (χ2n) is 4.59. The van der Waals surface area contributed by atoms with Gasteiger partial charge in [-0.15, -0.1) is 0 Å². The Morgan fingerprint density at radius 3 is 2.81 bits per heavy atom. The van der Waals surface area contributed by atoms with E-state index in [2.05, 4.69) is 10.6 Å². The lowest BCUT2D eigenvalue weighted by Crippen LogP contribution is -2.41. The van der Waals surface area contributed by atoms with Gasteiger partial charge in [-0.3, -0.25) is 9.59 Å². The Bertz CT molecular complexity index is 289. The summed E-state index contributed by atoms with van der Waals surface area (Å²) < 4.78 is 0. The van der Waals surface area contributed by atoms with Gasteiger partial charge in [-0.25, -0.2) is 0 Å². The summed E-state index contributed by atoms with van der Waals surface area (Å²) in [6.45, 7) is 3.48. The maximum Gasteiger partial charge on any atom is 0.239 e. The Hall–Kier alpha value is -1.10. The molecule has 0 aromatic rings. The van der Waals surface area contributed by atoms with Gasteiger partial charge in [-0.2, -0.15) is 0 Å². The van der Waals surface area contributed by atoms with Gasteiger partial charge >= 0.3 is 0 Å². The van der Waals surface area contributed by atoms with Crippen molar-refractivity contribution in [3.05, 3.63) is 0 Å². The predicted molar refractivity (Wildman–Crippen MR) is 59.8 cm³/mol. The van der Waals surface area contributed by atoms with Gasteiger partial charge in [0.05, 0.1) is 6.04 Å². The summed E-state index contributed by atoms with van der Waals surface area (Å²) in [5.74, 6) is 0.150. The van der Waals surface area contributed by atoms with Crippen molar-refractivity contribution in [2.75, 3.05) is 19.6 Å². The standard InChI is InChI=1S/C11H19N3O2/c1-8(15)12-5-7-14-6-4-10(11(14)16)13-9-2-3-9/h9-10,13H,2-7H2,1H3,(H,12,15). The van der Waals surface area contributed by atoms with Gasteiger partial charge in [0, 0.05) is 32.6 Å². The maximum absolute atomic E-state index is 11.9. The fourth-order valence-corrected chi connectivity index (χ4v) is 2.02. The Morgan fingerprint density at radius 2 is 2.19 bits per heavy atom. The van der Waals surface area contributed by atoms with Gasteiger partial charge < -0.3 is 15.5 Å². The monoisotopic (exact) mass is 225 g/mol. The minimum absolute atomic E-state index is 0.0184. The van der Waals surface area contributed by atoms with E-state index in [0.29, 0.717) is 19.1 Å². The molecule has 0 aromatic heterocycles. The lowest BCUT2D eigenvalue weighted by atomic mass is 10.2. The Labute approximate surface area is 95.6 Å². The fraction of sp³-hybridized carbons (Fsp3) is 0.818. The molecule has 0 aromatic carbocycles. The molecule has 1 saturated heterocycles. The van der Waals surface area contributed by atoms with E-state index in [1.54, 1.807) is 0 Å². The molecule has 1 aliphatic heterocycles. The van der Waals surface area contributed by atoms with Crippen molar-refractivity contribution in [3.8, 4) is 0 Å². The molecule has 1 heterocycles. The van der Waals surface area contributed by atoms with Crippen LogP contribution < -0.4 is 10.6 Å². The topological polar surface area (TPSA) is 61.4 Å². The van der Waals surface area contributed by atoms with Gasteiger partial charge in [-0.1, -0.05) is 0 Å². The van der Waals surface area contributed by atoms with Crippen LogP contribution in [-0.2, 0) is 9.59 Å². The van der Waals surface area contributed by atoms with Crippen LogP contribution >= 0.6 is 0 Å². The molecule has 1 atom stereocenters. The maximum atomic E-state index is 11.9. The zero-order valence-electron chi connectivity index (χ0n) is 9.66. The van der Waals surface area contributed by atoms with Crippen molar-refractivity contribution in [3.63, 3.8) is 0 Å². The Kier molecular flexibility index (Phi) is 3.43. The van der Waals surface area contributed by atoms with E-state index in [1.807, 2.05) is 4.90 Å². The molecule has 5 heteroatoms. The van der Waals surface area contributed by atoms with E-state index in [-0.39, 0.29) is 17.9 Å². The summed E-state index contributed by atoms with van der Waals surface area (Å²) in [6, 6.07) is 0.592. The number of nitrogens with one attached hydrogen (secondary N) is 2. The molecule has 0 spiro atoms. The van der Waals surface area contributed by atoms with Crippen molar-refractivity contribution in [2.45, 2.75) is 38.3 Å². The second kappa shape index (κ2) is 4.82. The molecule has 2 fully saturated rings. The zero-order valence-corrected chi connectivity index (χ0v) is 9.66. The van der Waals surface area contributed by atoms with Crippen LogP contribution in [-0.4, -0.2) is 48.4 Å². The van der Waals surface area contributed by atoms with Crippen LogP contribution in [0.1, 0.15) is 26.2 Å². The summed E-state index contributed by atoms with van der Waals surface area (Å²) in [7, 11) is 0. The molecular weight excluding hydrogens is 206 g/mol. The second-order valence-corrected chi connectivity index (χ2v) is 4.59. The SMILES string of the molecule is CC(=O)NCCN1CCC(NC2CC2)C1=O. The zero-order chi connectivity index (χ0) is 11.5. The first-order chi connectivity index (χ1) is 7.66. The highest BCUT2D eigenvalue weighted by molar-refractivity contribution is 5.84. The molecule has 16 heavy (non-hydrogen) atoms. The Balaban J connectivity index is 1.70. The number of hydrogen-bond donors (Lipinski definition) is 2. The van der Waals surface area contributed by atoms with Crippen molar-refractivity contribution >= 4 is 11.8 Å². The molecule has 5 nitrogen and oxygen atoms in total. The Morgan fingerprint density at radius 1 is 1.44 bits per heavy atom. The molecule has 2 rings (SSSR count). The van der Waals surface area contributed by atoms with E-state index >= 15 is 0 Å². The van der Waals surface area contributed by atoms with Crippen LogP contribution in [0.5, 0.6) is 0 Å². The average Bonchev–Trinajstić information content (AvgIpc) is 2.97. The van der Waals surface area contributed by atoms with Gasteiger partial charge in [0.2, 0.25) is 11.8 Å². The number of nitrogens with zero attached hydrogens (tertiary/aromatic N) is 1. The van der Waals surface area contributed by atoms with Gasteiger partial charge in [-0.05, 0) is 19.3 Å². The number of rotatable bonds is 5. The first-order valence-electron chi connectivity index (χ1n) is 5.96. The van der Waals surface area contributed by atoms with Crippen LogP contribution in [0.3, 0.4) is 0 Å². The van der Waals surface area contributed by atoms with Crippen molar-refractivity contribution in [2.24, 2.45) is 0 Å². The smallest absolute Gasteiger partial charge is 0.239 e. The van der Waals surface area contributed by atoms with E-state index in [0.717, 1.165) is 13.0 Å². The molecule has 1 unspecified atom stereocenters. The normalized spacial score (nSPS) is 24.9. The fourth-order valence-electron chi connectivity index (χ4n) is 2.02. The van der Waals surface area contributed by atoms with Crippen molar-refractivity contribution in [1.82, 2.24) is 15.5 Å². The quantitative estimate of drug-likeness (QED) is 0.661. The molecule has 90 valence electrons. The number of amides is 2. The molecule has 2 N–H and O–H groups in total. The highest BCUT2D eigenvalue weighted by Crippen LogP contribution is 2.22. The van der Waals surface area contributed by atoms with Gasteiger partial charge in [0.25, 0.3) is 0 Å². The molecule has 1 saturated carbocycles. The molecule has 0 radical (unpaired) electrons. The molecule has 2 aliphatic rings. The highest BCUT2D eigenvalue weighted by atomic mass is 16.2. The van der Waals surface area contributed by atoms with Gasteiger partial charge in [0.15, 0.2) is 0 Å². The van der Waals surface area contributed by atoms with Crippen LogP contribution in [0.25, 0.3) is 0 Å². The number of carbonyl (C=O) groups excluding carboxylic acids is 2. The summed E-state index contributed by atoms with van der Waals surface area (Å²) in [5.41, 5.74) is 0. The van der Waals surface area contributed by atoms with Gasteiger partial charge in [0.1, 0.15) is 0 Å². The van der Waals surface area contributed by atoms with Crippen LogP contribution in [0.2, 0.25) is 0 Å². The predicted octanol–water partition coefficient (Wildman–Crippen LogP) is -0.525. The lowest BCUT2D eigenvalue weighted by Gasteiger charge is -2.17. The summed E-state index contributed by atoms with van der Waals surface area (Å²) in [5, 5.41) is 6.06. The van der Waals surface area contributed by atoms with Crippen LogP contribution in [0, 0.1) is 0 Å². The van der Waals surface area contributed by atoms with E-state index in [4.69, 9.17) is 0 Å². The molecule has 0 bridgehead atoms. The molecule has 2 amide bonds. The lowest BCUT2D eigenvalue weighted by molar-refractivity contribution is -0.129. The summed E-state index contributed by atoms with van der Waals surface area (Å²) in [6.07, 6.45) is 3.31. The largest absolute Gasteiger partial charge is 0.355 e. The van der Waals surface area contributed by atoms with E-state index < -0.39 is 0 Å². The third-order valence-electron chi connectivity index (χ3n) is 3.07. The van der Waals surface area contributed by atoms with Crippen LogP contribution in [0.4, 0.5) is 0 Å².